The third-order valence-corrected chi connectivity index (χ3v) is 5.92. The van der Waals surface area contributed by atoms with Gasteiger partial charge in [-0.05, 0) is 81.2 Å². The Hall–Kier alpha value is -2.36. The van der Waals surface area contributed by atoms with Crippen LogP contribution in [0, 0.1) is 23.4 Å². The van der Waals surface area contributed by atoms with E-state index in [9.17, 15) is 35.1 Å². The molecule has 0 unspecified atom stereocenters. The number of benzene rings is 2. The topological polar surface area (TPSA) is 18.5 Å². The highest BCUT2D eigenvalue weighted by Crippen LogP contribution is 2.38. The van der Waals surface area contributed by atoms with E-state index in [-0.39, 0.29) is 30.2 Å². The highest BCUT2D eigenvalue weighted by molar-refractivity contribution is 5.33. The van der Waals surface area contributed by atoms with Gasteiger partial charge in [-0.1, -0.05) is 0 Å². The average molecular weight is 496 g/mol. The summed E-state index contributed by atoms with van der Waals surface area (Å²) in [6, 6.07) is 2.31. The van der Waals surface area contributed by atoms with E-state index >= 15 is 0 Å². The maximum Gasteiger partial charge on any atom is 0.432 e. The lowest BCUT2D eigenvalue weighted by atomic mass is 9.83. The summed E-state index contributed by atoms with van der Waals surface area (Å²) < 4.78 is 119. The van der Waals surface area contributed by atoms with Gasteiger partial charge in [-0.15, -0.1) is 0 Å². The Morgan fingerprint density at radius 3 is 2.00 bits per heavy atom. The van der Waals surface area contributed by atoms with Gasteiger partial charge >= 0.3 is 12.3 Å². The van der Waals surface area contributed by atoms with Gasteiger partial charge in [0.1, 0.15) is 28.8 Å². The third-order valence-electron chi connectivity index (χ3n) is 5.92. The predicted molar refractivity (Wildman–Crippen MR) is 108 cm³/mol. The summed E-state index contributed by atoms with van der Waals surface area (Å²) in [4.78, 5) is 0. The minimum Gasteiger partial charge on any atom is -0.429 e. The summed E-state index contributed by atoms with van der Waals surface area (Å²) in [6.45, 7) is 2.57. The van der Waals surface area contributed by atoms with Gasteiger partial charge in [0.05, 0.1) is 11.7 Å². The zero-order chi connectivity index (χ0) is 25.1. The van der Waals surface area contributed by atoms with Crippen LogP contribution in [-0.2, 0) is 23.4 Å². The zero-order valence-electron chi connectivity index (χ0n) is 18.3. The molecule has 0 N–H and O–H groups in total. The van der Waals surface area contributed by atoms with Crippen LogP contribution < -0.4 is 4.74 Å². The van der Waals surface area contributed by atoms with E-state index in [0.717, 1.165) is 37.8 Å². The smallest absolute Gasteiger partial charge is 0.429 e. The molecule has 2 aromatic rings. The highest BCUT2D eigenvalue weighted by atomic mass is 19.4. The maximum atomic E-state index is 14.5. The molecule has 2 aromatic carbocycles. The second kappa shape index (κ2) is 10.5. The molecule has 0 amide bonds. The summed E-state index contributed by atoms with van der Waals surface area (Å²) in [7, 11) is 0. The fourth-order valence-corrected chi connectivity index (χ4v) is 4.23. The molecule has 1 fully saturated rings. The van der Waals surface area contributed by atoms with Gasteiger partial charge in [0.15, 0.2) is 0 Å². The number of aryl methyl sites for hydroxylation is 1. The molecule has 3 rings (SSSR count). The molecule has 188 valence electrons. The van der Waals surface area contributed by atoms with Crippen molar-refractivity contribution in [3.63, 3.8) is 0 Å². The molecule has 0 aromatic heterocycles. The Morgan fingerprint density at radius 1 is 0.853 bits per heavy atom. The average Bonchev–Trinajstić information content (AvgIpc) is 2.71. The van der Waals surface area contributed by atoms with Gasteiger partial charge in [-0.25, -0.2) is 13.2 Å². The van der Waals surface area contributed by atoms with Crippen LogP contribution in [0.3, 0.4) is 0 Å². The van der Waals surface area contributed by atoms with E-state index in [1.165, 1.54) is 0 Å². The lowest BCUT2D eigenvalue weighted by molar-refractivity contribution is -0.189. The van der Waals surface area contributed by atoms with Crippen LogP contribution in [0.15, 0.2) is 30.3 Å². The second-order valence-corrected chi connectivity index (χ2v) is 8.33. The number of hydrogen-bond acceptors (Lipinski definition) is 2. The zero-order valence-corrected chi connectivity index (χ0v) is 18.3. The van der Waals surface area contributed by atoms with Crippen LogP contribution in [0.2, 0.25) is 0 Å². The number of alkyl halides is 5. The Labute approximate surface area is 191 Å². The molecular weight excluding hydrogens is 472 g/mol. The monoisotopic (exact) mass is 496 g/mol. The molecule has 34 heavy (non-hydrogen) atoms. The number of rotatable bonds is 8. The second-order valence-electron chi connectivity index (χ2n) is 8.33. The van der Waals surface area contributed by atoms with E-state index in [2.05, 4.69) is 4.74 Å². The lowest BCUT2D eigenvalue weighted by Crippen LogP contribution is -2.25. The van der Waals surface area contributed by atoms with E-state index in [1.807, 2.05) is 6.92 Å². The molecule has 0 bridgehead atoms. The van der Waals surface area contributed by atoms with Crippen molar-refractivity contribution in [1.29, 1.82) is 0 Å². The molecule has 2 nitrogen and oxygen atoms in total. The van der Waals surface area contributed by atoms with Crippen LogP contribution >= 0.6 is 0 Å². The van der Waals surface area contributed by atoms with Gasteiger partial charge in [-0.2, -0.15) is 22.0 Å². The Kier molecular flexibility index (Phi) is 8.10. The first-order valence-electron chi connectivity index (χ1n) is 10.9. The van der Waals surface area contributed by atoms with Crippen molar-refractivity contribution in [2.75, 3.05) is 6.61 Å². The van der Waals surface area contributed by atoms with Crippen molar-refractivity contribution in [2.45, 2.75) is 63.8 Å². The molecule has 0 atom stereocenters. The van der Waals surface area contributed by atoms with Gasteiger partial charge in [0.2, 0.25) is 0 Å². The summed E-state index contributed by atoms with van der Waals surface area (Å²) in [5, 5.41) is 0. The standard InChI is InChI=1S/C24H24F8O2/c1-2-33-16-7-5-14(6-8-16)3-4-15-11-20(26)22(21(27)12-15)24(31,32)34-17-9-10-18(19(25)13-17)23(28,29)30/h9-14,16H,2-8H2,1H3. The Balaban J connectivity index is 1.68. The minimum atomic E-state index is -5.04. The lowest BCUT2D eigenvalue weighted by Gasteiger charge is -2.28. The molecule has 0 spiro atoms. The van der Waals surface area contributed by atoms with Gasteiger partial charge < -0.3 is 9.47 Å². The van der Waals surface area contributed by atoms with Gasteiger partial charge in [0.25, 0.3) is 0 Å². The van der Waals surface area contributed by atoms with Crippen LogP contribution in [0.5, 0.6) is 5.75 Å². The van der Waals surface area contributed by atoms with Crippen molar-refractivity contribution in [3.05, 3.63) is 64.5 Å². The summed E-state index contributed by atoms with van der Waals surface area (Å²) in [6.07, 6.45) is -4.88. The van der Waals surface area contributed by atoms with Crippen LogP contribution in [-0.4, -0.2) is 12.7 Å². The van der Waals surface area contributed by atoms with Gasteiger partial charge in [-0.3, -0.25) is 0 Å². The van der Waals surface area contributed by atoms with Crippen molar-refractivity contribution in [2.24, 2.45) is 5.92 Å². The molecule has 1 aliphatic carbocycles. The fourth-order valence-electron chi connectivity index (χ4n) is 4.23. The maximum absolute atomic E-state index is 14.5. The van der Waals surface area contributed by atoms with E-state index in [1.54, 1.807) is 0 Å². The first-order valence-corrected chi connectivity index (χ1v) is 10.9. The van der Waals surface area contributed by atoms with E-state index in [0.29, 0.717) is 25.0 Å². The summed E-state index contributed by atoms with van der Waals surface area (Å²) >= 11 is 0. The van der Waals surface area contributed by atoms with Crippen LogP contribution in [0.4, 0.5) is 35.1 Å². The molecule has 1 saturated carbocycles. The van der Waals surface area contributed by atoms with E-state index < -0.39 is 46.6 Å². The quantitative estimate of drug-likeness (QED) is 0.348. The molecule has 1 aliphatic rings. The summed E-state index contributed by atoms with van der Waals surface area (Å²) in [5.74, 6) is -5.66. The molecule has 0 saturated heterocycles. The van der Waals surface area contributed by atoms with Crippen molar-refractivity contribution < 1.29 is 44.6 Å². The molecule has 0 aliphatic heterocycles. The third kappa shape index (κ3) is 6.40. The molecule has 0 heterocycles. The van der Waals surface area contributed by atoms with Crippen molar-refractivity contribution in [3.8, 4) is 5.75 Å². The Bertz CT molecular complexity index is 958. The van der Waals surface area contributed by atoms with Crippen LogP contribution in [0.1, 0.15) is 55.7 Å². The van der Waals surface area contributed by atoms with E-state index in [4.69, 9.17) is 4.74 Å². The van der Waals surface area contributed by atoms with Crippen molar-refractivity contribution >= 4 is 0 Å². The number of hydrogen-bond donors (Lipinski definition) is 0. The normalized spacial score (nSPS) is 19.3. The molecule has 0 radical (unpaired) electrons. The first-order chi connectivity index (χ1) is 15.9. The fraction of sp³-hybridized carbons (Fsp3) is 0.500. The Morgan fingerprint density at radius 2 is 1.47 bits per heavy atom. The largest absolute Gasteiger partial charge is 0.432 e. The van der Waals surface area contributed by atoms with Crippen molar-refractivity contribution in [1.82, 2.24) is 0 Å². The first kappa shape index (κ1) is 26.2. The minimum absolute atomic E-state index is 0.0845. The van der Waals surface area contributed by atoms with Gasteiger partial charge in [0, 0.05) is 12.7 Å². The number of ether oxygens (including phenoxy) is 2. The predicted octanol–water partition coefficient (Wildman–Crippen LogP) is 7.78. The molecule has 10 heteroatoms. The summed E-state index contributed by atoms with van der Waals surface area (Å²) in [5.41, 5.74) is -3.19. The number of halogens is 8. The molecular formula is C24H24F8O2. The SMILES string of the molecule is CCOC1CCC(CCc2cc(F)c(C(F)(F)Oc3ccc(C(F)(F)F)c(F)c3)c(F)c2)CC1. The highest BCUT2D eigenvalue weighted by Gasteiger charge is 2.42. The van der Waals surface area contributed by atoms with Crippen LogP contribution in [0.25, 0.3) is 0 Å².